The lowest BCUT2D eigenvalue weighted by Gasteiger charge is -2.25. The van der Waals surface area contributed by atoms with Crippen LogP contribution in [-0.4, -0.2) is 14.8 Å². The highest BCUT2D eigenvalue weighted by Gasteiger charge is 2.15. The third kappa shape index (κ3) is 6.33. The highest BCUT2D eigenvalue weighted by Crippen LogP contribution is 2.28. The predicted octanol–water partition coefficient (Wildman–Crippen LogP) is 7.50. The van der Waals surface area contributed by atoms with Crippen molar-refractivity contribution in [2.45, 2.75) is 19.6 Å². The molecular formula is C30H23Cl2N5O. The molecule has 0 atom stereocenters. The molecule has 1 aromatic heterocycles. The molecule has 5 rings (SSSR count). The Hall–Kier alpha value is -4.31. The van der Waals surface area contributed by atoms with E-state index in [1.807, 2.05) is 102 Å². The molecule has 6 nitrogen and oxygen atoms in total. The zero-order valence-corrected chi connectivity index (χ0v) is 21.8. The fraction of sp³-hybridized carbons (Fsp3) is 0.100. The second-order valence-electron chi connectivity index (χ2n) is 8.70. The van der Waals surface area contributed by atoms with Crippen molar-refractivity contribution in [2.24, 2.45) is 0 Å². The molecule has 0 saturated heterocycles. The lowest BCUT2D eigenvalue weighted by atomic mass is 10.1. The molecule has 38 heavy (non-hydrogen) atoms. The van der Waals surface area contributed by atoms with Crippen LogP contribution in [0.15, 0.2) is 103 Å². The zero-order chi connectivity index (χ0) is 26.3. The molecular weight excluding hydrogens is 517 g/mol. The van der Waals surface area contributed by atoms with Gasteiger partial charge in [0.15, 0.2) is 5.82 Å². The standard InChI is InChI=1S/C30H23Cl2N5O/c31-28-15-10-24(16-29(28)32)19-36(25-11-13-27(14-12-25)38-26-4-2-1-3-5-26)20-30-35-34-21-37(30)18-23-8-6-22(17-33)7-9-23/h1-16,21H,18-20H2. The Morgan fingerprint density at radius 3 is 2.21 bits per heavy atom. The first-order chi connectivity index (χ1) is 18.6. The van der Waals surface area contributed by atoms with Gasteiger partial charge in [-0.3, -0.25) is 0 Å². The van der Waals surface area contributed by atoms with E-state index in [4.69, 9.17) is 33.2 Å². The molecule has 0 N–H and O–H groups in total. The molecule has 188 valence electrons. The fourth-order valence-corrected chi connectivity index (χ4v) is 4.35. The number of aromatic nitrogens is 3. The summed E-state index contributed by atoms with van der Waals surface area (Å²) in [5, 5.41) is 18.7. The minimum atomic E-state index is 0.509. The summed E-state index contributed by atoms with van der Waals surface area (Å²) in [6.45, 7) is 1.69. The van der Waals surface area contributed by atoms with Crippen LogP contribution in [0.1, 0.15) is 22.5 Å². The number of nitriles is 1. The molecule has 0 bridgehead atoms. The quantitative estimate of drug-likeness (QED) is 0.194. The van der Waals surface area contributed by atoms with E-state index in [0.29, 0.717) is 35.2 Å². The van der Waals surface area contributed by atoms with E-state index < -0.39 is 0 Å². The van der Waals surface area contributed by atoms with Gasteiger partial charge in [-0.15, -0.1) is 10.2 Å². The van der Waals surface area contributed by atoms with Gasteiger partial charge >= 0.3 is 0 Å². The highest BCUT2D eigenvalue weighted by molar-refractivity contribution is 6.42. The summed E-state index contributed by atoms with van der Waals surface area (Å²) in [7, 11) is 0. The van der Waals surface area contributed by atoms with Crippen LogP contribution in [0.4, 0.5) is 5.69 Å². The Bertz CT molecular complexity index is 1540. The molecule has 0 aliphatic heterocycles. The molecule has 0 unspecified atom stereocenters. The average molecular weight is 540 g/mol. The van der Waals surface area contributed by atoms with Crippen LogP contribution in [0.25, 0.3) is 0 Å². The molecule has 8 heteroatoms. The number of halogens is 2. The molecule has 0 spiro atoms. The van der Waals surface area contributed by atoms with E-state index in [1.54, 1.807) is 6.33 Å². The first-order valence-corrected chi connectivity index (χ1v) is 12.7. The van der Waals surface area contributed by atoms with Gasteiger partial charge in [-0.1, -0.05) is 59.6 Å². The molecule has 0 saturated carbocycles. The van der Waals surface area contributed by atoms with Crippen LogP contribution in [0, 0.1) is 11.3 Å². The summed E-state index contributed by atoms with van der Waals surface area (Å²) in [6, 6.07) is 33.0. The maximum absolute atomic E-state index is 9.08. The summed E-state index contributed by atoms with van der Waals surface area (Å²) in [6.07, 6.45) is 1.72. The van der Waals surface area contributed by atoms with Crippen molar-refractivity contribution >= 4 is 28.9 Å². The third-order valence-corrected chi connectivity index (χ3v) is 6.74. The summed E-state index contributed by atoms with van der Waals surface area (Å²) >= 11 is 12.5. The van der Waals surface area contributed by atoms with Crippen molar-refractivity contribution in [3.05, 3.63) is 136 Å². The van der Waals surface area contributed by atoms with Crippen LogP contribution in [0.5, 0.6) is 11.5 Å². The summed E-state index contributed by atoms with van der Waals surface area (Å²) in [5.74, 6) is 2.33. The van der Waals surface area contributed by atoms with Crippen LogP contribution >= 0.6 is 23.2 Å². The van der Waals surface area contributed by atoms with Crippen molar-refractivity contribution < 1.29 is 4.74 Å². The maximum Gasteiger partial charge on any atom is 0.152 e. The van der Waals surface area contributed by atoms with Gasteiger partial charge in [-0.05, 0) is 71.8 Å². The van der Waals surface area contributed by atoms with Crippen molar-refractivity contribution in [1.82, 2.24) is 14.8 Å². The van der Waals surface area contributed by atoms with E-state index >= 15 is 0 Å². The molecule has 0 fully saturated rings. The summed E-state index contributed by atoms with van der Waals surface area (Å²) in [4.78, 5) is 2.20. The van der Waals surface area contributed by atoms with Crippen molar-refractivity contribution in [1.29, 1.82) is 5.26 Å². The van der Waals surface area contributed by atoms with E-state index in [1.165, 1.54) is 0 Å². The smallest absolute Gasteiger partial charge is 0.152 e. The van der Waals surface area contributed by atoms with Crippen molar-refractivity contribution in [3.63, 3.8) is 0 Å². The van der Waals surface area contributed by atoms with Gasteiger partial charge in [0.25, 0.3) is 0 Å². The summed E-state index contributed by atoms with van der Waals surface area (Å²) in [5.41, 5.74) is 3.69. The van der Waals surface area contributed by atoms with Gasteiger partial charge in [-0.2, -0.15) is 5.26 Å². The van der Waals surface area contributed by atoms with Gasteiger partial charge in [0.2, 0.25) is 0 Å². The van der Waals surface area contributed by atoms with Crippen LogP contribution in [0.3, 0.4) is 0 Å². The normalized spacial score (nSPS) is 10.7. The SMILES string of the molecule is N#Cc1ccc(Cn2cnnc2CN(Cc2ccc(Cl)c(Cl)c2)c2ccc(Oc3ccccc3)cc2)cc1. The Morgan fingerprint density at radius 2 is 1.50 bits per heavy atom. The Kier molecular flexibility index (Phi) is 7.89. The molecule has 0 aliphatic rings. The minimum absolute atomic E-state index is 0.509. The van der Waals surface area contributed by atoms with E-state index in [2.05, 4.69) is 21.2 Å². The molecule has 5 aromatic rings. The molecule has 0 radical (unpaired) electrons. The number of ether oxygens (including phenoxy) is 1. The Morgan fingerprint density at radius 1 is 0.789 bits per heavy atom. The zero-order valence-electron chi connectivity index (χ0n) is 20.3. The van der Waals surface area contributed by atoms with Crippen LogP contribution < -0.4 is 9.64 Å². The van der Waals surface area contributed by atoms with Gasteiger partial charge in [-0.25, -0.2) is 0 Å². The number of para-hydroxylation sites is 1. The van der Waals surface area contributed by atoms with Gasteiger partial charge in [0.05, 0.1) is 34.8 Å². The number of hydrogen-bond donors (Lipinski definition) is 0. The average Bonchev–Trinajstić information content (AvgIpc) is 3.38. The maximum atomic E-state index is 9.08. The lowest BCUT2D eigenvalue weighted by Crippen LogP contribution is -2.24. The predicted molar refractivity (Wildman–Crippen MR) is 150 cm³/mol. The molecule has 0 amide bonds. The van der Waals surface area contributed by atoms with Gasteiger partial charge < -0.3 is 14.2 Å². The first kappa shape index (κ1) is 25.3. The number of anilines is 1. The van der Waals surface area contributed by atoms with E-state index in [-0.39, 0.29) is 0 Å². The number of benzene rings is 4. The van der Waals surface area contributed by atoms with Gasteiger partial charge in [0.1, 0.15) is 17.8 Å². The van der Waals surface area contributed by atoms with E-state index in [9.17, 15) is 0 Å². The third-order valence-electron chi connectivity index (χ3n) is 6.00. The van der Waals surface area contributed by atoms with Crippen LogP contribution in [-0.2, 0) is 19.6 Å². The molecule has 1 heterocycles. The Balaban J connectivity index is 1.39. The highest BCUT2D eigenvalue weighted by atomic mass is 35.5. The Labute approximate surface area is 231 Å². The monoisotopic (exact) mass is 539 g/mol. The second kappa shape index (κ2) is 11.8. The van der Waals surface area contributed by atoms with Gasteiger partial charge in [0, 0.05) is 12.2 Å². The largest absolute Gasteiger partial charge is 0.457 e. The minimum Gasteiger partial charge on any atom is -0.457 e. The molecule has 0 aliphatic carbocycles. The number of hydrogen-bond acceptors (Lipinski definition) is 5. The molecule has 4 aromatic carbocycles. The second-order valence-corrected chi connectivity index (χ2v) is 9.51. The number of nitrogens with zero attached hydrogens (tertiary/aromatic N) is 5. The fourth-order valence-electron chi connectivity index (χ4n) is 4.03. The first-order valence-electron chi connectivity index (χ1n) is 11.9. The summed E-state index contributed by atoms with van der Waals surface area (Å²) < 4.78 is 7.98. The van der Waals surface area contributed by atoms with Crippen molar-refractivity contribution in [2.75, 3.05) is 4.90 Å². The topological polar surface area (TPSA) is 67.0 Å². The van der Waals surface area contributed by atoms with Crippen molar-refractivity contribution in [3.8, 4) is 17.6 Å². The van der Waals surface area contributed by atoms with Crippen LogP contribution in [0.2, 0.25) is 10.0 Å². The van der Waals surface area contributed by atoms with E-state index in [0.717, 1.165) is 34.1 Å². The lowest BCUT2D eigenvalue weighted by molar-refractivity contribution is 0.482. The number of rotatable bonds is 9.